The van der Waals surface area contributed by atoms with Gasteiger partial charge in [0.15, 0.2) is 9.84 Å². The van der Waals surface area contributed by atoms with E-state index in [-0.39, 0.29) is 17.5 Å². The Hall–Kier alpha value is -1.57. The fourth-order valence-electron chi connectivity index (χ4n) is 2.46. The van der Waals surface area contributed by atoms with Crippen molar-refractivity contribution < 1.29 is 17.9 Å². The highest BCUT2D eigenvalue weighted by Gasteiger charge is 2.29. The van der Waals surface area contributed by atoms with Crippen LogP contribution in [0.5, 0.6) is 0 Å². The summed E-state index contributed by atoms with van der Waals surface area (Å²) in [7, 11) is -2.93. The molecule has 1 aliphatic rings. The molecular formula is C14H23N3O4S. The van der Waals surface area contributed by atoms with Gasteiger partial charge in [0, 0.05) is 30.9 Å². The zero-order valence-corrected chi connectivity index (χ0v) is 14.0. The number of aromatic nitrogens is 2. The molecule has 0 aliphatic carbocycles. The van der Waals surface area contributed by atoms with Gasteiger partial charge in [-0.05, 0) is 27.2 Å². The Labute approximate surface area is 131 Å². The summed E-state index contributed by atoms with van der Waals surface area (Å²) >= 11 is 0. The molecule has 0 aromatic carbocycles. The van der Waals surface area contributed by atoms with Crippen molar-refractivity contribution in [1.29, 1.82) is 0 Å². The third-order valence-electron chi connectivity index (χ3n) is 3.40. The molecule has 124 valence electrons. The van der Waals surface area contributed by atoms with E-state index >= 15 is 0 Å². The molecule has 0 saturated carbocycles. The first-order valence-electron chi connectivity index (χ1n) is 7.34. The largest absolute Gasteiger partial charge is 0.444 e. The number of hydrogen-bond acceptors (Lipinski definition) is 5. The van der Waals surface area contributed by atoms with E-state index in [0.29, 0.717) is 19.4 Å². The van der Waals surface area contributed by atoms with Crippen LogP contribution in [0, 0.1) is 0 Å². The van der Waals surface area contributed by atoms with E-state index in [9.17, 15) is 13.2 Å². The predicted octanol–water partition coefficient (Wildman–Crippen LogP) is 1.31. The number of sulfone groups is 1. The Morgan fingerprint density at radius 1 is 1.50 bits per heavy atom. The molecule has 2 rings (SSSR count). The molecule has 1 N–H and O–H groups in total. The Morgan fingerprint density at radius 2 is 2.23 bits per heavy atom. The molecule has 0 spiro atoms. The first kappa shape index (κ1) is 16.8. The van der Waals surface area contributed by atoms with Crippen LogP contribution in [-0.4, -0.2) is 47.7 Å². The molecule has 1 atom stereocenters. The minimum absolute atomic E-state index is 0.0518. The Morgan fingerprint density at radius 3 is 2.82 bits per heavy atom. The number of alkyl carbamates (subject to hydrolysis) is 1. The van der Waals surface area contributed by atoms with Crippen molar-refractivity contribution in [2.75, 3.05) is 18.1 Å². The lowest BCUT2D eigenvalue weighted by molar-refractivity contribution is 0.0528. The molecule has 1 aromatic heterocycles. The number of carbonyl (C=O) groups is 1. The van der Waals surface area contributed by atoms with Gasteiger partial charge in [-0.2, -0.15) is 0 Å². The van der Waals surface area contributed by atoms with Crippen LogP contribution in [0.25, 0.3) is 0 Å². The van der Waals surface area contributed by atoms with Crippen LogP contribution in [0.3, 0.4) is 0 Å². The average molecular weight is 329 g/mol. The van der Waals surface area contributed by atoms with Gasteiger partial charge in [0.2, 0.25) is 0 Å². The highest BCUT2D eigenvalue weighted by atomic mass is 32.2. The first-order chi connectivity index (χ1) is 10.2. The number of imidazole rings is 1. The zero-order chi connectivity index (χ0) is 16.4. The molecular weight excluding hydrogens is 306 g/mol. The van der Waals surface area contributed by atoms with Gasteiger partial charge in [-0.3, -0.25) is 0 Å². The van der Waals surface area contributed by atoms with Gasteiger partial charge in [0.1, 0.15) is 5.60 Å². The van der Waals surface area contributed by atoms with Gasteiger partial charge in [-0.15, -0.1) is 0 Å². The van der Waals surface area contributed by atoms with E-state index in [1.165, 1.54) is 0 Å². The van der Waals surface area contributed by atoms with Crippen molar-refractivity contribution in [2.45, 2.75) is 45.3 Å². The van der Waals surface area contributed by atoms with Crippen LogP contribution in [0.2, 0.25) is 0 Å². The molecule has 1 saturated heterocycles. The molecule has 0 bridgehead atoms. The lowest BCUT2D eigenvalue weighted by Crippen LogP contribution is -2.33. The van der Waals surface area contributed by atoms with Gasteiger partial charge in [-0.1, -0.05) is 0 Å². The SMILES string of the molecule is CC(C)(C)OC(=O)NCCc1cncn1C1CCS(=O)(=O)C1. The second kappa shape index (κ2) is 6.28. The van der Waals surface area contributed by atoms with E-state index in [1.54, 1.807) is 12.5 Å². The van der Waals surface area contributed by atoms with Gasteiger partial charge in [0.05, 0.1) is 17.8 Å². The molecule has 1 aromatic rings. The van der Waals surface area contributed by atoms with Crippen LogP contribution >= 0.6 is 0 Å². The fraction of sp³-hybridized carbons (Fsp3) is 0.714. The van der Waals surface area contributed by atoms with Crippen molar-refractivity contribution in [3.63, 3.8) is 0 Å². The summed E-state index contributed by atoms with van der Waals surface area (Å²) in [5.41, 5.74) is 0.391. The van der Waals surface area contributed by atoms with Crippen LogP contribution < -0.4 is 5.32 Å². The second-order valence-electron chi connectivity index (χ2n) is 6.53. The van der Waals surface area contributed by atoms with Crippen LogP contribution in [0.1, 0.15) is 38.9 Å². The van der Waals surface area contributed by atoms with Crippen molar-refractivity contribution in [3.05, 3.63) is 18.2 Å². The molecule has 8 heteroatoms. The molecule has 2 heterocycles. The maximum atomic E-state index is 11.6. The van der Waals surface area contributed by atoms with Crippen LogP contribution in [0.15, 0.2) is 12.5 Å². The number of hydrogen-bond donors (Lipinski definition) is 1. The van der Waals surface area contributed by atoms with E-state index < -0.39 is 21.5 Å². The standard InChI is InChI=1S/C14H23N3O4S/c1-14(2,3)21-13(18)16-6-4-11-8-15-10-17(11)12-5-7-22(19,20)9-12/h8,10,12H,4-7,9H2,1-3H3,(H,16,18). The summed E-state index contributed by atoms with van der Waals surface area (Å²) in [5.74, 6) is 0.390. The van der Waals surface area contributed by atoms with Crippen LogP contribution in [-0.2, 0) is 21.0 Å². The predicted molar refractivity (Wildman–Crippen MR) is 82.5 cm³/mol. The Bertz CT molecular complexity index is 631. The average Bonchev–Trinajstić information content (AvgIpc) is 2.93. The summed E-state index contributed by atoms with van der Waals surface area (Å²) in [5, 5.41) is 2.69. The second-order valence-corrected chi connectivity index (χ2v) is 8.76. The van der Waals surface area contributed by atoms with E-state index in [2.05, 4.69) is 10.3 Å². The highest BCUT2D eigenvalue weighted by Crippen LogP contribution is 2.24. The smallest absolute Gasteiger partial charge is 0.407 e. The highest BCUT2D eigenvalue weighted by molar-refractivity contribution is 7.91. The van der Waals surface area contributed by atoms with Gasteiger partial charge >= 0.3 is 6.09 Å². The van der Waals surface area contributed by atoms with Gasteiger partial charge < -0.3 is 14.6 Å². The summed E-state index contributed by atoms with van der Waals surface area (Å²) < 4.78 is 30.2. The number of rotatable bonds is 4. The number of nitrogens with one attached hydrogen (secondary N) is 1. The zero-order valence-electron chi connectivity index (χ0n) is 13.2. The summed E-state index contributed by atoms with van der Waals surface area (Å²) in [4.78, 5) is 15.7. The minimum Gasteiger partial charge on any atom is -0.444 e. The van der Waals surface area contributed by atoms with Crippen molar-refractivity contribution >= 4 is 15.9 Å². The maximum absolute atomic E-state index is 11.6. The number of nitrogens with zero attached hydrogens (tertiary/aromatic N) is 2. The molecule has 22 heavy (non-hydrogen) atoms. The molecule has 1 fully saturated rings. The number of amides is 1. The van der Waals surface area contributed by atoms with Crippen LogP contribution in [0.4, 0.5) is 4.79 Å². The third-order valence-corrected chi connectivity index (χ3v) is 5.15. The molecule has 1 unspecified atom stereocenters. The molecule has 1 aliphatic heterocycles. The summed E-state index contributed by atoms with van der Waals surface area (Å²) in [6.07, 6.45) is 4.11. The Kier molecular flexibility index (Phi) is 4.79. The first-order valence-corrected chi connectivity index (χ1v) is 9.16. The molecule has 1 amide bonds. The summed E-state index contributed by atoms with van der Waals surface area (Å²) in [6, 6.07) is -0.0518. The minimum atomic E-state index is -2.93. The maximum Gasteiger partial charge on any atom is 0.407 e. The van der Waals surface area contributed by atoms with Gasteiger partial charge in [0.25, 0.3) is 0 Å². The van der Waals surface area contributed by atoms with Gasteiger partial charge in [-0.25, -0.2) is 18.2 Å². The van der Waals surface area contributed by atoms with Crippen molar-refractivity contribution in [2.24, 2.45) is 0 Å². The van der Waals surface area contributed by atoms with E-state index in [1.807, 2.05) is 25.3 Å². The summed E-state index contributed by atoms with van der Waals surface area (Å²) in [6.45, 7) is 5.84. The topological polar surface area (TPSA) is 90.3 Å². The fourth-order valence-corrected chi connectivity index (χ4v) is 4.17. The monoisotopic (exact) mass is 329 g/mol. The molecule has 0 radical (unpaired) electrons. The Balaban J connectivity index is 1.87. The lowest BCUT2D eigenvalue weighted by Gasteiger charge is -2.20. The number of carbonyl (C=O) groups excluding carboxylic acids is 1. The molecule has 7 nitrogen and oxygen atoms in total. The van der Waals surface area contributed by atoms with E-state index in [0.717, 1.165) is 5.69 Å². The van der Waals surface area contributed by atoms with E-state index in [4.69, 9.17) is 4.74 Å². The normalized spacial score (nSPS) is 20.8. The van der Waals surface area contributed by atoms with Crippen molar-refractivity contribution in [3.8, 4) is 0 Å². The van der Waals surface area contributed by atoms with Crippen molar-refractivity contribution in [1.82, 2.24) is 14.9 Å². The number of ether oxygens (including phenoxy) is 1. The quantitative estimate of drug-likeness (QED) is 0.899. The third kappa shape index (κ3) is 4.72. The lowest BCUT2D eigenvalue weighted by atomic mass is 10.2.